The molecule has 0 spiro atoms. The molecule has 0 radical (unpaired) electrons. The normalized spacial score (nSPS) is 34.8. The van der Waals surface area contributed by atoms with Gasteiger partial charge in [0.1, 0.15) is 9.84 Å². The van der Waals surface area contributed by atoms with Crippen molar-refractivity contribution in [3.63, 3.8) is 0 Å². The molecule has 0 aromatic rings. The second-order valence-corrected chi connectivity index (χ2v) is 6.17. The Morgan fingerprint density at radius 2 is 1.92 bits per heavy atom. The molecule has 0 unspecified atom stereocenters. The lowest BCUT2D eigenvalue weighted by Gasteiger charge is -2.07. The number of carboxylic acid groups (broad SMARTS) is 1. The number of carboxylic acids is 1. The van der Waals surface area contributed by atoms with Crippen molar-refractivity contribution in [2.45, 2.75) is 25.0 Å². The van der Waals surface area contributed by atoms with E-state index in [1.54, 1.807) is 6.92 Å². The van der Waals surface area contributed by atoms with Crippen molar-refractivity contribution in [2.24, 2.45) is 11.8 Å². The highest BCUT2D eigenvalue weighted by Gasteiger charge is 2.40. The predicted octanol–water partition coefficient (Wildman–Crippen LogP) is 0.530. The van der Waals surface area contributed by atoms with Gasteiger partial charge in [0.15, 0.2) is 0 Å². The van der Waals surface area contributed by atoms with Crippen LogP contribution < -0.4 is 0 Å². The summed E-state index contributed by atoms with van der Waals surface area (Å²) in [4.78, 5) is 10.7. The van der Waals surface area contributed by atoms with Crippen LogP contribution in [0.5, 0.6) is 0 Å². The zero-order valence-electron chi connectivity index (χ0n) is 7.73. The molecule has 0 saturated heterocycles. The molecule has 0 aromatic carbocycles. The first-order valence-electron chi connectivity index (χ1n) is 4.24. The highest BCUT2D eigenvalue weighted by Crippen LogP contribution is 2.35. The van der Waals surface area contributed by atoms with Crippen LogP contribution in [-0.4, -0.2) is 31.0 Å². The fourth-order valence-corrected chi connectivity index (χ4v) is 3.09. The van der Waals surface area contributed by atoms with E-state index in [4.69, 9.17) is 5.11 Å². The average Bonchev–Trinajstić information content (AvgIpc) is 2.29. The van der Waals surface area contributed by atoms with Crippen LogP contribution in [0.15, 0.2) is 0 Å². The number of hydrogen-bond acceptors (Lipinski definition) is 3. The van der Waals surface area contributed by atoms with Gasteiger partial charge in [-0.3, -0.25) is 4.79 Å². The Kier molecular flexibility index (Phi) is 2.66. The molecule has 1 aliphatic carbocycles. The van der Waals surface area contributed by atoms with Crippen LogP contribution in [-0.2, 0) is 14.6 Å². The molecule has 0 amide bonds. The van der Waals surface area contributed by atoms with Crippen molar-refractivity contribution >= 4 is 15.8 Å². The van der Waals surface area contributed by atoms with Crippen LogP contribution >= 0.6 is 0 Å². The van der Waals surface area contributed by atoms with Gasteiger partial charge in [0.05, 0.1) is 11.2 Å². The van der Waals surface area contributed by atoms with Crippen LogP contribution in [0.2, 0.25) is 0 Å². The topological polar surface area (TPSA) is 71.4 Å². The zero-order chi connectivity index (χ0) is 10.2. The summed E-state index contributed by atoms with van der Waals surface area (Å²) in [5.74, 6) is -1.39. The zero-order valence-corrected chi connectivity index (χ0v) is 8.54. The van der Waals surface area contributed by atoms with Crippen LogP contribution in [0.1, 0.15) is 19.8 Å². The van der Waals surface area contributed by atoms with Gasteiger partial charge in [-0.1, -0.05) is 6.92 Å². The van der Waals surface area contributed by atoms with E-state index in [1.165, 1.54) is 6.26 Å². The second-order valence-electron chi connectivity index (χ2n) is 3.84. The summed E-state index contributed by atoms with van der Waals surface area (Å²) in [6, 6.07) is 0. The van der Waals surface area contributed by atoms with Gasteiger partial charge in [-0.25, -0.2) is 8.42 Å². The van der Waals surface area contributed by atoms with Crippen molar-refractivity contribution in [2.75, 3.05) is 6.26 Å². The minimum absolute atomic E-state index is 0.0303. The Morgan fingerprint density at radius 3 is 2.15 bits per heavy atom. The standard InChI is InChI=1S/C8H14O4S/c1-5-3-6(13(2,11)12)4-7(5)8(9)10/h5-7H,3-4H2,1-2H3,(H,9,10)/t5-,6-,7-/m0/s1. The predicted molar refractivity (Wildman–Crippen MR) is 48.2 cm³/mol. The Hall–Kier alpha value is -0.580. The number of aliphatic carboxylic acids is 1. The number of rotatable bonds is 2. The second kappa shape index (κ2) is 3.29. The van der Waals surface area contributed by atoms with Crippen LogP contribution in [0.25, 0.3) is 0 Å². The average molecular weight is 206 g/mol. The maximum Gasteiger partial charge on any atom is 0.306 e. The minimum Gasteiger partial charge on any atom is -0.481 e. The van der Waals surface area contributed by atoms with Crippen molar-refractivity contribution in [3.05, 3.63) is 0 Å². The monoisotopic (exact) mass is 206 g/mol. The van der Waals surface area contributed by atoms with E-state index in [1.807, 2.05) is 0 Å². The van der Waals surface area contributed by atoms with E-state index < -0.39 is 27.0 Å². The first-order chi connectivity index (χ1) is 5.82. The molecule has 1 saturated carbocycles. The summed E-state index contributed by atoms with van der Waals surface area (Å²) in [6.07, 6.45) is 1.93. The van der Waals surface area contributed by atoms with E-state index in [9.17, 15) is 13.2 Å². The summed E-state index contributed by atoms with van der Waals surface area (Å²) in [5, 5.41) is 8.32. The molecule has 5 heteroatoms. The molecule has 4 nitrogen and oxygen atoms in total. The highest BCUT2D eigenvalue weighted by atomic mass is 32.2. The molecule has 0 aromatic heterocycles. The number of sulfone groups is 1. The van der Waals surface area contributed by atoms with Gasteiger partial charge in [-0.15, -0.1) is 0 Å². The molecular weight excluding hydrogens is 192 g/mol. The van der Waals surface area contributed by atoms with Crippen molar-refractivity contribution in [3.8, 4) is 0 Å². The van der Waals surface area contributed by atoms with Crippen LogP contribution in [0, 0.1) is 11.8 Å². The molecule has 1 N–H and O–H groups in total. The SMILES string of the molecule is C[C@H]1C[C@H](S(C)(=O)=O)C[C@@H]1C(=O)O. The molecule has 0 aliphatic heterocycles. The number of hydrogen-bond donors (Lipinski definition) is 1. The quantitative estimate of drug-likeness (QED) is 0.715. The largest absolute Gasteiger partial charge is 0.481 e. The molecule has 1 rings (SSSR count). The van der Waals surface area contributed by atoms with Gasteiger partial charge < -0.3 is 5.11 Å². The lowest BCUT2D eigenvalue weighted by atomic mass is 9.99. The lowest BCUT2D eigenvalue weighted by molar-refractivity contribution is -0.142. The Bertz CT molecular complexity index is 306. The Balaban J connectivity index is 2.77. The Morgan fingerprint density at radius 1 is 1.38 bits per heavy atom. The first kappa shape index (κ1) is 10.5. The highest BCUT2D eigenvalue weighted by molar-refractivity contribution is 7.91. The van der Waals surface area contributed by atoms with Crippen molar-refractivity contribution in [1.29, 1.82) is 0 Å². The third-order valence-electron chi connectivity index (χ3n) is 2.76. The van der Waals surface area contributed by atoms with E-state index in [-0.39, 0.29) is 12.3 Å². The van der Waals surface area contributed by atoms with Crippen LogP contribution in [0.3, 0.4) is 0 Å². The number of carbonyl (C=O) groups is 1. The Labute approximate surface area is 77.9 Å². The molecule has 1 aliphatic rings. The van der Waals surface area contributed by atoms with Gasteiger partial charge >= 0.3 is 5.97 Å². The third kappa shape index (κ3) is 2.21. The third-order valence-corrected chi connectivity index (χ3v) is 4.36. The van der Waals surface area contributed by atoms with E-state index >= 15 is 0 Å². The molecule has 0 bridgehead atoms. The maximum atomic E-state index is 11.2. The van der Waals surface area contributed by atoms with Crippen molar-refractivity contribution in [1.82, 2.24) is 0 Å². The van der Waals surface area contributed by atoms with E-state index in [0.717, 1.165) is 0 Å². The van der Waals surface area contributed by atoms with Gasteiger partial charge in [0.2, 0.25) is 0 Å². The molecule has 1 fully saturated rings. The smallest absolute Gasteiger partial charge is 0.306 e. The molecule has 76 valence electrons. The van der Waals surface area contributed by atoms with E-state index in [0.29, 0.717) is 6.42 Å². The van der Waals surface area contributed by atoms with Crippen molar-refractivity contribution < 1.29 is 18.3 Å². The lowest BCUT2D eigenvalue weighted by Crippen LogP contribution is -2.18. The molecule has 13 heavy (non-hydrogen) atoms. The van der Waals surface area contributed by atoms with Gasteiger partial charge in [-0.05, 0) is 18.8 Å². The summed E-state index contributed by atoms with van der Waals surface area (Å²) in [5.41, 5.74) is 0. The van der Waals surface area contributed by atoms with Gasteiger partial charge in [0, 0.05) is 6.26 Å². The molecule has 0 heterocycles. The summed E-state index contributed by atoms with van der Waals surface area (Å²) in [6.45, 7) is 1.80. The summed E-state index contributed by atoms with van der Waals surface area (Å²) < 4.78 is 22.3. The summed E-state index contributed by atoms with van der Waals surface area (Å²) in [7, 11) is -3.07. The molecular formula is C8H14O4S. The first-order valence-corrected chi connectivity index (χ1v) is 6.19. The fraction of sp³-hybridized carbons (Fsp3) is 0.875. The summed E-state index contributed by atoms with van der Waals surface area (Å²) >= 11 is 0. The fourth-order valence-electron chi connectivity index (χ4n) is 1.88. The molecule has 3 atom stereocenters. The van der Waals surface area contributed by atoms with Crippen LogP contribution in [0.4, 0.5) is 0 Å². The van der Waals surface area contributed by atoms with E-state index in [2.05, 4.69) is 0 Å². The van der Waals surface area contributed by atoms with Gasteiger partial charge in [-0.2, -0.15) is 0 Å². The maximum absolute atomic E-state index is 11.2. The minimum atomic E-state index is -3.07. The van der Waals surface area contributed by atoms with Gasteiger partial charge in [0.25, 0.3) is 0 Å².